The fourth-order valence-electron chi connectivity index (χ4n) is 4.47. The van der Waals surface area contributed by atoms with Crippen LogP contribution in [0.2, 0.25) is 0 Å². The summed E-state index contributed by atoms with van der Waals surface area (Å²) >= 11 is 0. The predicted octanol–water partition coefficient (Wildman–Crippen LogP) is -4.69. The van der Waals surface area contributed by atoms with Crippen molar-refractivity contribution < 1.29 is 159 Å². The Bertz CT molecular complexity index is 2730. The van der Waals surface area contributed by atoms with Crippen molar-refractivity contribution in [3.63, 3.8) is 0 Å². The van der Waals surface area contributed by atoms with Crippen LogP contribution in [0.1, 0.15) is 5.69 Å². The Labute approximate surface area is 380 Å². The van der Waals surface area contributed by atoms with Crippen LogP contribution in [0.25, 0.3) is 16.5 Å². The van der Waals surface area contributed by atoms with Crippen LogP contribution in [0.5, 0.6) is 11.5 Å². The number of nitrogens with zero attached hydrogens (tertiary/aromatic N) is 7. The summed E-state index contributed by atoms with van der Waals surface area (Å²) in [6, 6.07) is 10.7. The molecule has 0 saturated heterocycles. The van der Waals surface area contributed by atoms with Gasteiger partial charge in [-0.2, -0.15) is 30.4 Å². The van der Waals surface area contributed by atoms with Crippen LogP contribution in [-0.2, 0) is 46.8 Å². The van der Waals surface area contributed by atoms with Gasteiger partial charge in [0.25, 0.3) is 30.4 Å². The van der Waals surface area contributed by atoms with Crippen LogP contribution in [0.4, 0.5) is 28.4 Å². The molecule has 5 aromatic rings. The molecule has 21 nitrogen and oxygen atoms in total. The normalized spacial score (nSPS) is 11.8. The molecule has 0 aliphatic carbocycles. The van der Waals surface area contributed by atoms with Crippen LogP contribution < -0.4 is 94.2 Å². The maximum Gasteiger partial charge on any atom is 1.00 e. The fraction of sp³-hybridized carbons (Fsp3) is 0.0385. The minimum absolute atomic E-state index is 0. The van der Waals surface area contributed by atoms with Crippen molar-refractivity contribution >= 4 is 69.6 Å². The number of rotatable bonds is 9. The molecule has 5 rings (SSSR count). The minimum Gasteiger partial charge on any atom is -0.505 e. The van der Waals surface area contributed by atoms with Crippen LogP contribution >= 0.6 is 0 Å². The number of aryl methyl sites for hydroxylation is 1. The summed E-state index contributed by atoms with van der Waals surface area (Å²) in [5, 5.41) is 50.5. The van der Waals surface area contributed by atoms with E-state index < -0.39 is 101 Å². The maximum atomic E-state index is 13.1. The first-order chi connectivity index (χ1) is 23.2. The van der Waals surface area contributed by atoms with E-state index in [1.807, 2.05) is 0 Å². The number of phenolic OH excluding ortho intramolecular Hbond substituents is 2. The third kappa shape index (κ3) is 10.5. The molecule has 0 spiro atoms. The molecule has 1 aromatic heterocycles. The molecule has 0 aliphatic rings. The number of azo groups is 2. The first-order valence-corrected chi connectivity index (χ1v) is 17.4. The van der Waals surface area contributed by atoms with E-state index in [-0.39, 0.29) is 123 Å². The monoisotopic (exact) mass is 875 g/mol. The Balaban J connectivity index is 0.00000364. The summed E-state index contributed by atoms with van der Waals surface area (Å²) in [4.78, 5) is 19.9. The molecule has 0 saturated carbocycles. The number of fused-ring (bicyclic) bond motifs is 1. The fourth-order valence-corrected chi connectivity index (χ4v) is 6.18. The molecule has 0 bridgehead atoms. The van der Waals surface area contributed by atoms with Gasteiger partial charge < -0.3 is 20.1 Å². The molecular weight excluding hydrogens is 858 g/mol. The molecule has 0 radical (unpaired) electrons. The molecule has 28 heteroatoms. The van der Waals surface area contributed by atoms with Crippen molar-refractivity contribution in [2.24, 2.45) is 20.5 Å². The smallest absolute Gasteiger partial charge is 0.505 e. The molecule has 5 N–H and O–H groups in total. The van der Waals surface area contributed by atoms with E-state index in [4.69, 9.17) is 0 Å². The van der Waals surface area contributed by atoms with Gasteiger partial charge in [-0.25, -0.2) is 9.78 Å². The average molecular weight is 876 g/mol. The summed E-state index contributed by atoms with van der Waals surface area (Å²) < 4.78 is 102. The van der Waals surface area contributed by atoms with Gasteiger partial charge in [-0.1, -0.05) is 30.8 Å². The van der Waals surface area contributed by atoms with Crippen molar-refractivity contribution in [1.29, 1.82) is 0 Å². The number of benzene rings is 4. The van der Waals surface area contributed by atoms with Gasteiger partial charge in [0.2, 0.25) is 5.75 Å². The van der Waals surface area contributed by atoms with E-state index in [1.54, 1.807) is 30.3 Å². The van der Waals surface area contributed by atoms with Gasteiger partial charge in [-0.15, -0.1) is 15.9 Å². The molecule has 0 atom stereocenters. The predicted molar refractivity (Wildman–Crippen MR) is 168 cm³/mol. The van der Waals surface area contributed by atoms with Crippen LogP contribution in [-0.4, -0.2) is 63.8 Å². The van der Waals surface area contributed by atoms with E-state index in [2.05, 4.69) is 25.6 Å². The Morgan fingerprint density at radius 1 is 0.778 bits per heavy atom. The third-order valence-corrected chi connectivity index (χ3v) is 9.25. The van der Waals surface area contributed by atoms with Crippen molar-refractivity contribution in [1.82, 2.24) is 9.78 Å². The molecule has 0 aliphatic heterocycles. The Morgan fingerprint density at radius 2 is 1.33 bits per heavy atom. The van der Waals surface area contributed by atoms with Crippen molar-refractivity contribution in [3.05, 3.63) is 86.8 Å². The van der Waals surface area contributed by atoms with E-state index in [0.717, 1.165) is 4.68 Å². The molecule has 0 unspecified atom stereocenters. The zero-order chi connectivity index (χ0) is 36.9. The quantitative estimate of drug-likeness (QED) is 0.0232. The third-order valence-electron chi connectivity index (χ3n) is 6.72. The zero-order valence-corrected chi connectivity index (χ0v) is 37.3. The van der Waals surface area contributed by atoms with Gasteiger partial charge >= 0.3 is 94.4 Å². The molecule has 1 heterocycles. The number of phenols is 2. The molecule has 270 valence electrons. The zero-order valence-electron chi connectivity index (χ0n) is 27.9. The second-order valence-electron chi connectivity index (χ2n) is 9.99. The number of hydrogen-bond donors (Lipinski definition) is 5. The molecule has 4 aromatic carbocycles. The van der Waals surface area contributed by atoms with Crippen LogP contribution in [0, 0.1) is 17.0 Å². The van der Waals surface area contributed by atoms with Gasteiger partial charge in [0, 0.05) is 22.6 Å². The molecule has 0 fully saturated rings. The number of hydrogen-bond acceptors (Lipinski definition) is 16. The van der Waals surface area contributed by atoms with Crippen molar-refractivity contribution in [2.75, 3.05) is 0 Å². The standard InChI is InChI=1S/C26H18N7O14S3.3Na.Ni/c1-12-22(26(36)32(31-12)14-5-3-2-4-6-14)29-27-17-9-15(48(39,40)41)7-13-8-20(50(45,46)47)23(25(35)21(13)17)30-28-18-10-16(49(42,43)44)11-19(24(18)34)33(37)38;;;;/h2-11,34-35H,1H3,(H,39,40,41)(H,42,43,44)(H,45,46,47);;;;/q-1;3*+1;. The van der Waals surface area contributed by atoms with Crippen molar-refractivity contribution in [2.45, 2.75) is 21.6 Å². The molecule has 54 heavy (non-hydrogen) atoms. The summed E-state index contributed by atoms with van der Waals surface area (Å²) in [5.74, 6) is -2.54. The number of para-hydroxylation sites is 1. The Kier molecular flexibility index (Phi) is 17.2. The van der Waals surface area contributed by atoms with E-state index >= 15 is 0 Å². The number of nitro benzene ring substituents is 1. The Morgan fingerprint density at radius 3 is 1.87 bits per heavy atom. The minimum atomic E-state index is -5.40. The summed E-state index contributed by atoms with van der Waals surface area (Å²) in [7, 11) is -15.6. The molecular formula is C26H18N7Na3NiO14S3+2. The molecule has 0 amide bonds. The first-order valence-electron chi connectivity index (χ1n) is 13.1. The van der Waals surface area contributed by atoms with Gasteiger partial charge in [0.05, 0.1) is 26.6 Å². The van der Waals surface area contributed by atoms with Gasteiger partial charge in [0.15, 0.2) is 5.75 Å². The second-order valence-corrected chi connectivity index (χ2v) is 14.2. The topological polar surface area (TPSA) is 331 Å². The summed E-state index contributed by atoms with van der Waals surface area (Å²) in [6.07, 6.45) is 0. The second kappa shape index (κ2) is 18.7. The number of aromatic hydroxyl groups is 2. The van der Waals surface area contributed by atoms with Gasteiger partial charge in [0.1, 0.15) is 26.7 Å². The van der Waals surface area contributed by atoms with Gasteiger partial charge in [-0.05, 0) is 41.8 Å². The van der Waals surface area contributed by atoms with E-state index in [1.165, 1.54) is 6.92 Å². The van der Waals surface area contributed by atoms with E-state index in [9.17, 15) is 64.0 Å². The van der Waals surface area contributed by atoms with Crippen LogP contribution in [0.15, 0.2) is 101 Å². The average Bonchev–Trinajstić information content (AvgIpc) is 3.30. The van der Waals surface area contributed by atoms with Crippen molar-refractivity contribution in [3.8, 4) is 17.2 Å². The Hall–Kier alpha value is -2.43. The largest absolute Gasteiger partial charge is 1.00 e. The summed E-state index contributed by atoms with van der Waals surface area (Å²) in [6.45, 7) is 1.40. The van der Waals surface area contributed by atoms with Gasteiger partial charge in [-0.3, -0.25) is 23.8 Å². The van der Waals surface area contributed by atoms with Crippen LogP contribution in [0.3, 0.4) is 0 Å². The number of aromatic nitrogens is 2. The SMILES string of the molecule is Cc1nn(-c2ccccc2)c(=O)[c-]1N=Nc1cc(S(=O)(=O)O)cc2cc(S(=O)(=O)O)c(N=Nc3cc(S(=O)(=O)O)cc([N+](=O)[O-])c3O)c(O)c12.[Na+].[Na+].[Na+].[Ni]. The summed E-state index contributed by atoms with van der Waals surface area (Å²) in [5.41, 5.74) is -4.85. The first kappa shape index (κ1) is 49.6. The van der Waals surface area contributed by atoms with E-state index in [0.29, 0.717) is 30.0 Å². The number of nitro groups is 1. The maximum absolute atomic E-state index is 13.1.